The van der Waals surface area contributed by atoms with Crippen molar-refractivity contribution in [3.63, 3.8) is 0 Å². The van der Waals surface area contributed by atoms with Crippen LogP contribution in [-0.4, -0.2) is 4.98 Å². The molecule has 0 bridgehead atoms. The maximum absolute atomic E-state index is 13.0. The zero-order valence-corrected chi connectivity index (χ0v) is 11.3. The Balaban J connectivity index is 2.10. The number of aromatic nitrogens is 1. The fourth-order valence-corrected chi connectivity index (χ4v) is 2.41. The first-order chi connectivity index (χ1) is 9.97. The van der Waals surface area contributed by atoms with Crippen molar-refractivity contribution in [1.82, 2.24) is 4.98 Å². The summed E-state index contributed by atoms with van der Waals surface area (Å²) in [5, 5.41) is 3.79. The predicted octanol–water partition coefficient (Wildman–Crippen LogP) is 5.24. The Morgan fingerprint density at radius 2 is 1.62 bits per heavy atom. The average Bonchev–Trinajstić information content (AvgIpc) is 2.75. The standard InChI is InChI=1S/C16H13F3N2/c1-10-15(11-6-2-4-8-13(11)20-10)21-14-9-5-3-7-12(14)16(17,18)19/h2-9,20-21H,1H3. The van der Waals surface area contributed by atoms with E-state index in [4.69, 9.17) is 0 Å². The monoisotopic (exact) mass is 290 g/mol. The van der Waals surface area contributed by atoms with Gasteiger partial charge >= 0.3 is 6.18 Å². The third kappa shape index (κ3) is 2.46. The fraction of sp³-hybridized carbons (Fsp3) is 0.125. The molecule has 0 saturated heterocycles. The number of halogens is 3. The highest BCUT2D eigenvalue weighted by Crippen LogP contribution is 2.37. The van der Waals surface area contributed by atoms with Crippen molar-refractivity contribution in [3.05, 3.63) is 59.8 Å². The van der Waals surface area contributed by atoms with Crippen LogP contribution in [0.4, 0.5) is 24.5 Å². The lowest BCUT2D eigenvalue weighted by Crippen LogP contribution is -2.08. The van der Waals surface area contributed by atoms with E-state index < -0.39 is 11.7 Å². The Morgan fingerprint density at radius 1 is 0.952 bits per heavy atom. The number of fused-ring (bicyclic) bond motifs is 1. The van der Waals surface area contributed by atoms with Gasteiger partial charge in [-0.1, -0.05) is 30.3 Å². The molecule has 1 aromatic heterocycles. The maximum atomic E-state index is 13.0. The molecule has 0 aliphatic carbocycles. The molecule has 0 aliphatic heterocycles. The molecule has 0 amide bonds. The molecule has 0 aliphatic rings. The summed E-state index contributed by atoms with van der Waals surface area (Å²) in [4.78, 5) is 3.16. The second kappa shape index (κ2) is 4.84. The molecular formula is C16H13F3N2. The van der Waals surface area contributed by atoms with Crippen LogP contribution in [0.15, 0.2) is 48.5 Å². The van der Waals surface area contributed by atoms with Crippen LogP contribution in [0.5, 0.6) is 0 Å². The molecule has 21 heavy (non-hydrogen) atoms. The highest BCUT2D eigenvalue weighted by Gasteiger charge is 2.33. The van der Waals surface area contributed by atoms with Crippen LogP contribution in [0, 0.1) is 6.92 Å². The number of aromatic amines is 1. The van der Waals surface area contributed by atoms with Gasteiger partial charge < -0.3 is 10.3 Å². The molecule has 0 radical (unpaired) electrons. The largest absolute Gasteiger partial charge is 0.418 e. The van der Waals surface area contributed by atoms with E-state index >= 15 is 0 Å². The quantitative estimate of drug-likeness (QED) is 0.663. The van der Waals surface area contributed by atoms with Crippen molar-refractivity contribution in [3.8, 4) is 0 Å². The van der Waals surface area contributed by atoms with E-state index in [0.29, 0.717) is 5.69 Å². The van der Waals surface area contributed by atoms with Crippen molar-refractivity contribution in [2.45, 2.75) is 13.1 Å². The molecule has 0 saturated carbocycles. The number of benzene rings is 2. The molecule has 2 aromatic carbocycles. The molecule has 3 rings (SSSR count). The van der Waals surface area contributed by atoms with Crippen molar-refractivity contribution in [2.75, 3.05) is 5.32 Å². The first-order valence-electron chi connectivity index (χ1n) is 6.47. The number of rotatable bonds is 2. The molecule has 0 atom stereocenters. The summed E-state index contributed by atoms with van der Waals surface area (Å²) >= 11 is 0. The molecule has 5 heteroatoms. The van der Waals surface area contributed by atoms with Gasteiger partial charge in [-0.25, -0.2) is 0 Å². The lowest BCUT2D eigenvalue weighted by atomic mass is 10.1. The summed E-state index contributed by atoms with van der Waals surface area (Å²) in [5.74, 6) is 0. The van der Waals surface area contributed by atoms with Crippen molar-refractivity contribution < 1.29 is 13.2 Å². The van der Waals surface area contributed by atoms with Crippen LogP contribution in [0.1, 0.15) is 11.3 Å². The Morgan fingerprint density at radius 3 is 2.38 bits per heavy atom. The smallest absolute Gasteiger partial charge is 0.357 e. The molecular weight excluding hydrogens is 277 g/mol. The van der Waals surface area contributed by atoms with Crippen LogP contribution >= 0.6 is 0 Å². The number of nitrogens with one attached hydrogen (secondary N) is 2. The van der Waals surface area contributed by atoms with Crippen LogP contribution in [0.3, 0.4) is 0 Å². The summed E-state index contributed by atoms with van der Waals surface area (Å²) < 4.78 is 39.1. The van der Waals surface area contributed by atoms with E-state index in [1.165, 1.54) is 12.1 Å². The topological polar surface area (TPSA) is 27.8 Å². The molecule has 108 valence electrons. The summed E-state index contributed by atoms with van der Waals surface area (Å²) in [5.41, 5.74) is 1.74. The Bertz CT molecular complexity index is 788. The minimum atomic E-state index is -4.39. The van der Waals surface area contributed by atoms with E-state index in [2.05, 4.69) is 10.3 Å². The zero-order valence-electron chi connectivity index (χ0n) is 11.3. The van der Waals surface area contributed by atoms with Crippen LogP contribution in [0.25, 0.3) is 10.9 Å². The number of aryl methyl sites for hydroxylation is 1. The first kappa shape index (κ1) is 13.5. The lowest BCUT2D eigenvalue weighted by Gasteiger charge is -2.14. The van der Waals surface area contributed by atoms with Crippen molar-refractivity contribution in [1.29, 1.82) is 0 Å². The van der Waals surface area contributed by atoms with E-state index in [-0.39, 0.29) is 5.69 Å². The number of H-pyrrole nitrogens is 1. The molecule has 0 fully saturated rings. The lowest BCUT2D eigenvalue weighted by molar-refractivity contribution is -0.136. The van der Waals surface area contributed by atoms with Gasteiger partial charge in [0, 0.05) is 16.6 Å². The van der Waals surface area contributed by atoms with Gasteiger partial charge in [-0.15, -0.1) is 0 Å². The molecule has 0 spiro atoms. The molecule has 1 heterocycles. The van der Waals surface area contributed by atoms with E-state index in [1.54, 1.807) is 6.07 Å². The summed E-state index contributed by atoms with van der Waals surface area (Å²) in [6, 6.07) is 13.0. The highest BCUT2D eigenvalue weighted by atomic mass is 19.4. The van der Waals surface area contributed by atoms with Crippen LogP contribution < -0.4 is 5.32 Å². The average molecular weight is 290 g/mol. The number of hydrogen-bond donors (Lipinski definition) is 2. The van der Waals surface area contributed by atoms with E-state index in [1.807, 2.05) is 31.2 Å². The number of anilines is 2. The zero-order chi connectivity index (χ0) is 15.0. The van der Waals surface area contributed by atoms with Gasteiger partial charge in [0.2, 0.25) is 0 Å². The van der Waals surface area contributed by atoms with Gasteiger partial charge in [-0.05, 0) is 25.1 Å². The van der Waals surface area contributed by atoms with Gasteiger partial charge in [0.05, 0.1) is 16.9 Å². The van der Waals surface area contributed by atoms with E-state index in [9.17, 15) is 13.2 Å². The van der Waals surface area contributed by atoms with Gasteiger partial charge in [0.15, 0.2) is 0 Å². The first-order valence-corrected chi connectivity index (χ1v) is 6.47. The Kier molecular flexibility index (Phi) is 3.12. The summed E-state index contributed by atoms with van der Waals surface area (Å²) in [7, 11) is 0. The fourth-order valence-electron chi connectivity index (χ4n) is 2.41. The Hall–Kier alpha value is -2.43. The van der Waals surface area contributed by atoms with Gasteiger partial charge in [-0.3, -0.25) is 0 Å². The minimum Gasteiger partial charge on any atom is -0.357 e. The van der Waals surface area contributed by atoms with Crippen LogP contribution in [-0.2, 0) is 6.18 Å². The summed E-state index contributed by atoms with van der Waals surface area (Å²) in [6.07, 6.45) is -4.39. The van der Waals surface area contributed by atoms with Crippen LogP contribution in [0.2, 0.25) is 0 Å². The molecule has 3 aromatic rings. The highest BCUT2D eigenvalue weighted by molar-refractivity contribution is 5.96. The third-order valence-corrected chi connectivity index (χ3v) is 3.39. The van der Waals surface area contributed by atoms with Gasteiger partial charge in [0.1, 0.15) is 0 Å². The third-order valence-electron chi connectivity index (χ3n) is 3.39. The minimum absolute atomic E-state index is 0.0536. The molecule has 0 unspecified atom stereocenters. The number of hydrogen-bond acceptors (Lipinski definition) is 1. The summed E-state index contributed by atoms with van der Waals surface area (Å²) in [6.45, 7) is 1.83. The molecule has 2 nitrogen and oxygen atoms in total. The Labute approximate surface area is 119 Å². The second-order valence-electron chi connectivity index (χ2n) is 4.84. The SMILES string of the molecule is Cc1[nH]c2ccccc2c1Nc1ccccc1C(F)(F)F. The van der Waals surface area contributed by atoms with Gasteiger partial charge in [-0.2, -0.15) is 13.2 Å². The number of para-hydroxylation sites is 2. The second-order valence-corrected chi connectivity index (χ2v) is 4.84. The molecule has 2 N–H and O–H groups in total. The predicted molar refractivity (Wildman–Crippen MR) is 77.8 cm³/mol. The number of alkyl halides is 3. The van der Waals surface area contributed by atoms with Crippen molar-refractivity contribution in [2.24, 2.45) is 0 Å². The maximum Gasteiger partial charge on any atom is 0.418 e. The normalized spacial score (nSPS) is 11.8. The van der Waals surface area contributed by atoms with Gasteiger partial charge in [0.25, 0.3) is 0 Å². The van der Waals surface area contributed by atoms with Crippen molar-refractivity contribution >= 4 is 22.3 Å². The van der Waals surface area contributed by atoms with E-state index in [0.717, 1.165) is 22.7 Å².